The molecule has 2 N–H and O–H groups in total. The second-order valence-corrected chi connectivity index (χ2v) is 7.13. The first-order valence-electron chi connectivity index (χ1n) is 9.67. The van der Waals surface area contributed by atoms with Gasteiger partial charge >= 0.3 is 6.03 Å². The van der Waals surface area contributed by atoms with E-state index in [2.05, 4.69) is 10.6 Å². The highest BCUT2D eigenvalue weighted by Gasteiger charge is 2.27. The fourth-order valence-corrected chi connectivity index (χ4v) is 3.75. The minimum Gasteiger partial charge on any atom is -0.385 e. The Labute approximate surface area is 155 Å². The maximum Gasteiger partial charge on any atom is 0.322 e. The van der Waals surface area contributed by atoms with Gasteiger partial charge in [0, 0.05) is 44.1 Å². The first kappa shape index (κ1) is 18.7. The number of rotatable bonds is 6. The summed E-state index contributed by atoms with van der Waals surface area (Å²) in [5.41, 5.74) is 2.58. The van der Waals surface area contributed by atoms with E-state index in [1.165, 1.54) is 19.3 Å². The van der Waals surface area contributed by atoms with Crippen LogP contribution in [0.15, 0.2) is 18.2 Å². The Balaban J connectivity index is 1.62. The van der Waals surface area contributed by atoms with Crippen LogP contribution < -0.4 is 15.5 Å². The van der Waals surface area contributed by atoms with E-state index >= 15 is 0 Å². The minimum absolute atomic E-state index is 0.0340. The van der Waals surface area contributed by atoms with Gasteiger partial charge in [0.2, 0.25) is 0 Å². The smallest absolute Gasteiger partial charge is 0.322 e. The van der Waals surface area contributed by atoms with Crippen LogP contribution >= 0.6 is 0 Å². The molecule has 0 atom stereocenters. The van der Waals surface area contributed by atoms with Crippen LogP contribution in [0.3, 0.4) is 0 Å². The van der Waals surface area contributed by atoms with E-state index in [1.54, 1.807) is 12.0 Å². The van der Waals surface area contributed by atoms with Crippen molar-refractivity contribution < 1.29 is 14.3 Å². The van der Waals surface area contributed by atoms with E-state index in [9.17, 15) is 9.59 Å². The third-order valence-corrected chi connectivity index (χ3v) is 5.23. The molecule has 6 nitrogen and oxygen atoms in total. The van der Waals surface area contributed by atoms with Crippen LogP contribution in [0.25, 0.3) is 0 Å². The number of carbonyl (C=O) groups excluding carboxylic acids is 2. The minimum atomic E-state index is -0.108. The quantitative estimate of drug-likeness (QED) is 0.767. The highest BCUT2D eigenvalue weighted by atomic mass is 16.5. The van der Waals surface area contributed by atoms with Crippen molar-refractivity contribution in [3.05, 3.63) is 29.3 Å². The molecule has 2 aliphatic rings. The fraction of sp³-hybridized carbons (Fsp3) is 0.600. The zero-order valence-electron chi connectivity index (χ0n) is 15.6. The number of carbonyl (C=O) groups is 2. The number of hydrogen-bond acceptors (Lipinski definition) is 3. The predicted octanol–water partition coefficient (Wildman–Crippen LogP) is 2.86. The lowest BCUT2D eigenvalue weighted by molar-refractivity contribution is 0.0948. The van der Waals surface area contributed by atoms with E-state index in [0.29, 0.717) is 25.3 Å². The zero-order valence-corrected chi connectivity index (χ0v) is 15.6. The SMILES string of the molecule is COCCCNC(=O)c1ccc2c(c1)N(C(=O)NC1CCCCC1)CC2. The lowest BCUT2D eigenvalue weighted by Gasteiger charge is -2.26. The van der Waals surface area contributed by atoms with Gasteiger partial charge in [0.15, 0.2) is 0 Å². The lowest BCUT2D eigenvalue weighted by Crippen LogP contribution is -2.45. The van der Waals surface area contributed by atoms with Gasteiger partial charge in [-0.1, -0.05) is 25.3 Å². The Kier molecular flexibility index (Phi) is 6.50. The summed E-state index contributed by atoms with van der Waals surface area (Å²) in [4.78, 5) is 26.8. The normalized spacial score (nSPS) is 17.0. The Morgan fingerprint density at radius 2 is 2.04 bits per heavy atom. The van der Waals surface area contributed by atoms with E-state index in [-0.39, 0.29) is 18.0 Å². The molecule has 0 saturated heterocycles. The van der Waals surface area contributed by atoms with Crippen LogP contribution in [0, 0.1) is 0 Å². The second-order valence-electron chi connectivity index (χ2n) is 7.13. The Morgan fingerprint density at radius 3 is 2.81 bits per heavy atom. The van der Waals surface area contributed by atoms with E-state index < -0.39 is 0 Å². The molecular formula is C20H29N3O3. The van der Waals surface area contributed by atoms with Gasteiger partial charge < -0.3 is 15.4 Å². The van der Waals surface area contributed by atoms with Crippen molar-refractivity contribution in [1.82, 2.24) is 10.6 Å². The van der Waals surface area contributed by atoms with Crippen LogP contribution in [0.4, 0.5) is 10.5 Å². The molecule has 6 heteroatoms. The molecule has 0 aromatic heterocycles. The molecule has 0 radical (unpaired) electrons. The largest absolute Gasteiger partial charge is 0.385 e. The van der Waals surface area contributed by atoms with Gasteiger partial charge in [-0.15, -0.1) is 0 Å². The van der Waals surface area contributed by atoms with Gasteiger partial charge in [-0.2, -0.15) is 0 Å². The van der Waals surface area contributed by atoms with Crippen LogP contribution in [0.5, 0.6) is 0 Å². The monoisotopic (exact) mass is 359 g/mol. The third kappa shape index (κ3) is 4.55. The van der Waals surface area contributed by atoms with Gasteiger partial charge in [-0.25, -0.2) is 4.79 Å². The number of hydrogen-bond donors (Lipinski definition) is 2. The number of ether oxygens (including phenoxy) is 1. The Morgan fingerprint density at radius 1 is 1.23 bits per heavy atom. The molecular weight excluding hydrogens is 330 g/mol. The van der Waals surface area contributed by atoms with Crippen molar-refractivity contribution in [2.75, 3.05) is 31.7 Å². The molecule has 26 heavy (non-hydrogen) atoms. The Bertz CT molecular complexity index is 641. The first-order valence-corrected chi connectivity index (χ1v) is 9.67. The molecule has 1 saturated carbocycles. The maximum absolute atomic E-state index is 12.7. The van der Waals surface area contributed by atoms with Crippen LogP contribution in [0.1, 0.15) is 54.4 Å². The summed E-state index contributed by atoms with van der Waals surface area (Å²) in [6.45, 7) is 1.88. The van der Waals surface area contributed by atoms with Gasteiger partial charge in [-0.05, 0) is 43.4 Å². The molecule has 1 aliphatic heterocycles. The van der Waals surface area contributed by atoms with E-state index in [0.717, 1.165) is 36.9 Å². The highest BCUT2D eigenvalue weighted by molar-refractivity contribution is 5.99. The summed E-state index contributed by atoms with van der Waals surface area (Å²) in [6, 6.07) is 5.90. The lowest BCUT2D eigenvalue weighted by atomic mass is 9.96. The van der Waals surface area contributed by atoms with Crippen molar-refractivity contribution in [3.63, 3.8) is 0 Å². The standard InChI is InChI=1S/C20H29N3O3/c1-26-13-5-11-21-19(24)16-9-8-15-10-12-23(18(15)14-16)20(25)22-17-6-3-2-4-7-17/h8-9,14,17H,2-7,10-13H2,1H3,(H,21,24)(H,22,25). The summed E-state index contributed by atoms with van der Waals surface area (Å²) in [5.74, 6) is -0.108. The summed E-state index contributed by atoms with van der Waals surface area (Å²) in [6.07, 6.45) is 7.39. The fourth-order valence-electron chi connectivity index (χ4n) is 3.75. The number of fused-ring (bicyclic) bond motifs is 1. The van der Waals surface area contributed by atoms with E-state index in [1.807, 2.05) is 18.2 Å². The van der Waals surface area contributed by atoms with Crippen molar-refractivity contribution in [3.8, 4) is 0 Å². The molecule has 3 amide bonds. The average molecular weight is 359 g/mol. The molecule has 1 aromatic rings. The number of nitrogens with one attached hydrogen (secondary N) is 2. The number of benzene rings is 1. The van der Waals surface area contributed by atoms with Crippen LogP contribution in [-0.2, 0) is 11.2 Å². The topological polar surface area (TPSA) is 70.7 Å². The second kappa shape index (κ2) is 9.03. The molecule has 142 valence electrons. The van der Waals surface area contributed by atoms with Crippen molar-refractivity contribution >= 4 is 17.6 Å². The third-order valence-electron chi connectivity index (χ3n) is 5.23. The van der Waals surface area contributed by atoms with Gasteiger partial charge in [0.05, 0.1) is 0 Å². The molecule has 1 aromatic carbocycles. The molecule has 0 bridgehead atoms. The highest BCUT2D eigenvalue weighted by Crippen LogP contribution is 2.29. The summed E-state index contributed by atoms with van der Waals surface area (Å²) in [7, 11) is 1.65. The predicted molar refractivity (Wildman–Crippen MR) is 102 cm³/mol. The number of nitrogens with zero attached hydrogens (tertiary/aromatic N) is 1. The molecule has 1 aliphatic carbocycles. The van der Waals surface area contributed by atoms with Gasteiger partial charge in [0.1, 0.15) is 0 Å². The Hall–Kier alpha value is -2.08. The van der Waals surface area contributed by atoms with Gasteiger partial charge in [0.25, 0.3) is 5.91 Å². The first-order chi connectivity index (χ1) is 12.7. The summed E-state index contributed by atoms with van der Waals surface area (Å²) in [5, 5.41) is 6.07. The van der Waals surface area contributed by atoms with Crippen LogP contribution in [-0.4, -0.2) is 44.8 Å². The average Bonchev–Trinajstić information content (AvgIpc) is 3.09. The maximum atomic E-state index is 12.7. The molecule has 0 spiro atoms. The number of anilines is 1. The molecule has 0 unspecified atom stereocenters. The summed E-state index contributed by atoms with van der Waals surface area (Å²) < 4.78 is 4.99. The number of urea groups is 1. The van der Waals surface area contributed by atoms with Crippen molar-refractivity contribution in [1.29, 1.82) is 0 Å². The number of methoxy groups -OCH3 is 1. The van der Waals surface area contributed by atoms with Gasteiger partial charge in [-0.3, -0.25) is 9.69 Å². The number of amides is 3. The summed E-state index contributed by atoms with van der Waals surface area (Å²) >= 11 is 0. The molecule has 1 heterocycles. The molecule has 1 fully saturated rings. The van der Waals surface area contributed by atoms with Crippen molar-refractivity contribution in [2.45, 2.75) is 51.0 Å². The zero-order chi connectivity index (χ0) is 18.4. The van der Waals surface area contributed by atoms with Crippen molar-refractivity contribution in [2.24, 2.45) is 0 Å². The molecule has 3 rings (SSSR count). The van der Waals surface area contributed by atoms with E-state index in [4.69, 9.17) is 4.74 Å². The van der Waals surface area contributed by atoms with Crippen LogP contribution in [0.2, 0.25) is 0 Å².